The molecule has 7 nitrogen and oxygen atoms in total. The number of thioether (sulfide) groups is 1. The molecule has 0 spiro atoms. The number of benzene rings is 1. The van der Waals surface area contributed by atoms with Crippen molar-refractivity contribution in [2.24, 2.45) is 0 Å². The van der Waals surface area contributed by atoms with E-state index in [1.54, 1.807) is 4.52 Å². The average Bonchev–Trinajstić information content (AvgIpc) is 3.41. The largest absolute Gasteiger partial charge is 0.371 e. The molecule has 1 fully saturated rings. The Kier molecular flexibility index (Phi) is 5.94. The van der Waals surface area contributed by atoms with Crippen LogP contribution in [0.5, 0.6) is 0 Å². The average molecular weight is 425 g/mol. The minimum absolute atomic E-state index is 0.0729. The number of aromatic nitrogens is 4. The minimum atomic E-state index is 0.0729. The molecule has 2 aromatic heterocycles. The lowest BCUT2D eigenvalue weighted by atomic mass is 10.1. The first-order chi connectivity index (χ1) is 14.5. The van der Waals surface area contributed by atoms with Crippen molar-refractivity contribution in [3.8, 4) is 0 Å². The first-order valence-electron chi connectivity index (χ1n) is 10.3. The van der Waals surface area contributed by atoms with Gasteiger partial charge >= 0.3 is 0 Å². The molecule has 0 radical (unpaired) electrons. The number of carbonyl (C=O) groups is 1. The molecule has 0 aliphatic carbocycles. The topological polar surface area (TPSA) is 66.6 Å². The lowest BCUT2D eigenvalue weighted by molar-refractivity contribution is -0.129. The van der Waals surface area contributed by atoms with Crippen LogP contribution >= 0.6 is 11.8 Å². The second-order valence-corrected chi connectivity index (χ2v) is 8.59. The second kappa shape index (κ2) is 8.63. The summed E-state index contributed by atoms with van der Waals surface area (Å²) < 4.78 is 1.74. The summed E-state index contributed by atoms with van der Waals surface area (Å²) in [5.74, 6) is 0.655. The first-order valence-corrected chi connectivity index (χ1v) is 11.5. The molecule has 158 valence electrons. The van der Waals surface area contributed by atoms with Crippen LogP contribution in [-0.4, -0.2) is 56.8 Å². The molecule has 1 aliphatic heterocycles. The lowest BCUT2D eigenvalue weighted by Gasteiger charge is -2.25. The van der Waals surface area contributed by atoms with Crippen LogP contribution in [-0.2, 0) is 17.8 Å². The Balaban J connectivity index is 1.53. The summed E-state index contributed by atoms with van der Waals surface area (Å²) in [6, 6.07) is 8.42. The van der Waals surface area contributed by atoms with Crippen molar-refractivity contribution in [1.29, 1.82) is 0 Å². The van der Waals surface area contributed by atoms with E-state index in [1.807, 2.05) is 38.1 Å². The summed E-state index contributed by atoms with van der Waals surface area (Å²) in [7, 11) is 1.88. The molecule has 4 rings (SSSR count). The number of fused-ring (bicyclic) bond motifs is 1. The number of carbonyl (C=O) groups excluding carboxylic acids is 1. The van der Waals surface area contributed by atoms with Crippen LogP contribution in [0.4, 0.5) is 5.69 Å². The minimum Gasteiger partial charge on any atom is -0.371 e. The smallest absolute Gasteiger partial charge is 0.253 e. The summed E-state index contributed by atoms with van der Waals surface area (Å²) in [6.45, 7) is 6.69. The highest BCUT2D eigenvalue weighted by atomic mass is 32.2. The van der Waals surface area contributed by atoms with Gasteiger partial charge in [0.2, 0.25) is 11.1 Å². The van der Waals surface area contributed by atoms with Crippen molar-refractivity contribution in [3.63, 3.8) is 0 Å². The summed E-state index contributed by atoms with van der Waals surface area (Å²) in [4.78, 5) is 26.3. The van der Waals surface area contributed by atoms with Gasteiger partial charge < -0.3 is 9.80 Å². The second-order valence-electron chi connectivity index (χ2n) is 7.82. The number of nitrogens with zero attached hydrogens (tertiary/aromatic N) is 6. The van der Waals surface area contributed by atoms with Gasteiger partial charge in [-0.25, -0.2) is 9.50 Å². The van der Waals surface area contributed by atoms with Gasteiger partial charge in [0.25, 0.3) is 5.78 Å². The summed E-state index contributed by atoms with van der Waals surface area (Å²) in [6.07, 6.45) is 4.71. The molecule has 0 bridgehead atoms. The Bertz CT molecular complexity index is 1070. The molecule has 3 aromatic rings. The summed E-state index contributed by atoms with van der Waals surface area (Å²) >= 11 is 1.48. The molecule has 1 aromatic carbocycles. The van der Waals surface area contributed by atoms with E-state index in [1.165, 1.54) is 35.9 Å². The van der Waals surface area contributed by atoms with Gasteiger partial charge in [-0.2, -0.15) is 4.98 Å². The normalized spacial score (nSPS) is 13.9. The number of hydrogen-bond donors (Lipinski definition) is 0. The molecule has 0 saturated carbocycles. The molecule has 0 atom stereocenters. The monoisotopic (exact) mass is 424 g/mol. The maximum atomic E-state index is 13.1. The third-order valence-electron chi connectivity index (χ3n) is 5.81. The van der Waals surface area contributed by atoms with Crippen LogP contribution in [0.2, 0.25) is 0 Å². The van der Waals surface area contributed by atoms with Crippen molar-refractivity contribution in [3.05, 3.63) is 46.8 Å². The van der Waals surface area contributed by atoms with Gasteiger partial charge in [0.05, 0.1) is 6.42 Å². The highest BCUT2D eigenvalue weighted by molar-refractivity contribution is 7.98. The fourth-order valence-electron chi connectivity index (χ4n) is 4.07. The Labute approximate surface area is 181 Å². The third-order valence-corrected chi connectivity index (χ3v) is 6.35. The van der Waals surface area contributed by atoms with Crippen molar-refractivity contribution in [1.82, 2.24) is 24.5 Å². The number of aryl methyl sites for hydroxylation is 2. The van der Waals surface area contributed by atoms with Crippen LogP contribution in [0.3, 0.4) is 0 Å². The van der Waals surface area contributed by atoms with Gasteiger partial charge in [-0.3, -0.25) is 4.79 Å². The van der Waals surface area contributed by atoms with Crippen molar-refractivity contribution in [2.75, 3.05) is 31.3 Å². The molecular weight excluding hydrogens is 396 g/mol. The Hall–Kier alpha value is -2.61. The highest BCUT2D eigenvalue weighted by Crippen LogP contribution is 2.26. The lowest BCUT2D eigenvalue weighted by Crippen LogP contribution is -2.30. The molecule has 0 unspecified atom stereocenters. The van der Waals surface area contributed by atoms with E-state index in [0.29, 0.717) is 23.9 Å². The molecule has 3 heterocycles. The number of hydrogen-bond acceptors (Lipinski definition) is 6. The van der Waals surface area contributed by atoms with E-state index >= 15 is 0 Å². The van der Waals surface area contributed by atoms with Crippen LogP contribution in [0.25, 0.3) is 5.78 Å². The Morgan fingerprint density at radius 3 is 2.63 bits per heavy atom. The predicted molar refractivity (Wildman–Crippen MR) is 120 cm³/mol. The van der Waals surface area contributed by atoms with E-state index in [4.69, 9.17) is 0 Å². The Morgan fingerprint density at radius 1 is 1.17 bits per heavy atom. The standard InChI is InChI=1S/C22H28N6OS/c1-15-18(16(2)28-21(23-15)24-22(25-28)30-4)13-20(29)26(3)14-17-9-5-6-10-19(17)27-11-7-8-12-27/h5-6,9-10H,7-8,11-14H2,1-4H3. The van der Waals surface area contributed by atoms with E-state index in [2.05, 4.69) is 38.2 Å². The third kappa shape index (κ3) is 4.01. The van der Waals surface area contributed by atoms with Crippen LogP contribution in [0, 0.1) is 13.8 Å². The molecule has 1 amide bonds. The summed E-state index contributed by atoms with van der Waals surface area (Å²) in [5.41, 5.74) is 5.11. The first kappa shape index (κ1) is 20.7. The Morgan fingerprint density at radius 2 is 1.90 bits per heavy atom. The molecular formula is C22H28N6OS. The number of rotatable bonds is 6. The number of amides is 1. The molecule has 1 saturated heterocycles. The van der Waals surface area contributed by atoms with Crippen LogP contribution in [0.1, 0.15) is 35.4 Å². The fourth-order valence-corrected chi connectivity index (χ4v) is 4.41. The van der Waals surface area contributed by atoms with Gasteiger partial charge in [0, 0.05) is 49.3 Å². The van der Waals surface area contributed by atoms with E-state index in [-0.39, 0.29) is 5.91 Å². The van der Waals surface area contributed by atoms with E-state index < -0.39 is 0 Å². The maximum Gasteiger partial charge on any atom is 0.253 e. The van der Waals surface area contributed by atoms with Gasteiger partial charge in [-0.05, 0) is 44.6 Å². The zero-order valence-corrected chi connectivity index (χ0v) is 18.9. The summed E-state index contributed by atoms with van der Waals surface area (Å²) in [5, 5.41) is 5.17. The molecule has 1 aliphatic rings. The van der Waals surface area contributed by atoms with Gasteiger partial charge in [-0.1, -0.05) is 30.0 Å². The van der Waals surface area contributed by atoms with Crippen molar-refractivity contribution < 1.29 is 4.79 Å². The van der Waals surface area contributed by atoms with Crippen molar-refractivity contribution in [2.45, 2.75) is 44.8 Å². The van der Waals surface area contributed by atoms with Gasteiger partial charge in [0.1, 0.15) is 0 Å². The zero-order valence-electron chi connectivity index (χ0n) is 18.1. The van der Waals surface area contributed by atoms with Crippen LogP contribution in [0.15, 0.2) is 29.4 Å². The fraction of sp³-hybridized carbons (Fsp3) is 0.455. The molecule has 30 heavy (non-hydrogen) atoms. The molecule has 8 heteroatoms. The molecule has 0 N–H and O–H groups in total. The van der Waals surface area contributed by atoms with E-state index in [0.717, 1.165) is 30.0 Å². The highest BCUT2D eigenvalue weighted by Gasteiger charge is 2.20. The quantitative estimate of drug-likeness (QED) is 0.566. The number of anilines is 1. The van der Waals surface area contributed by atoms with Gasteiger partial charge in [-0.15, -0.1) is 5.10 Å². The van der Waals surface area contributed by atoms with E-state index in [9.17, 15) is 4.79 Å². The number of likely N-dealkylation sites (N-methyl/N-ethyl adjacent to an activating group) is 1. The SMILES string of the molecule is CSc1nc2nc(C)c(CC(=O)N(C)Cc3ccccc3N3CCCC3)c(C)n2n1. The van der Waals surface area contributed by atoms with Gasteiger partial charge in [0.15, 0.2) is 0 Å². The van der Waals surface area contributed by atoms with Crippen LogP contribution < -0.4 is 4.90 Å². The number of para-hydroxylation sites is 1. The predicted octanol–water partition coefficient (Wildman–Crippen LogP) is 3.26. The maximum absolute atomic E-state index is 13.1. The van der Waals surface area contributed by atoms with Crippen molar-refractivity contribution >= 4 is 29.1 Å². The zero-order chi connectivity index (χ0) is 21.3.